The van der Waals surface area contributed by atoms with Gasteiger partial charge >= 0.3 is 0 Å². The van der Waals surface area contributed by atoms with Crippen molar-refractivity contribution in [1.82, 2.24) is 15.2 Å². The average molecular weight is 418 g/mol. The fraction of sp³-hybridized carbons (Fsp3) is 0.400. The molecule has 160 valence electrons. The monoisotopic (exact) mass is 417 g/mol. The van der Waals surface area contributed by atoms with Gasteiger partial charge in [0, 0.05) is 31.6 Å². The lowest BCUT2D eigenvalue weighted by Crippen LogP contribution is -2.51. The van der Waals surface area contributed by atoms with Crippen LogP contribution in [-0.2, 0) is 26.3 Å². The fourth-order valence-electron chi connectivity index (χ4n) is 4.99. The number of hydrogen-bond donors (Lipinski definition) is 1. The molecule has 2 aliphatic rings. The highest BCUT2D eigenvalue weighted by molar-refractivity contribution is 5.93. The number of fused-ring (bicyclic) bond motifs is 2. The summed E-state index contributed by atoms with van der Waals surface area (Å²) in [5, 5.41) is 3.12. The minimum atomic E-state index is -0.283. The van der Waals surface area contributed by atoms with Gasteiger partial charge in [0.25, 0.3) is 5.91 Å². The van der Waals surface area contributed by atoms with Crippen LogP contribution < -0.4 is 5.32 Å². The predicted molar refractivity (Wildman–Crippen MR) is 117 cm³/mol. The largest absolute Gasteiger partial charge is 0.368 e. The van der Waals surface area contributed by atoms with Crippen LogP contribution >= 0.6 is 0 Å². The van der Waals surface area contributed by atoms with Crippen molar-refractivity contribution < 1.29 is 14.3 Å². The maximum atomic E-state index is 12.3. The number of rotatable bonds is 4. The van der Waals surface area contributed by atoms with Crippen molar-refractivity contribution in [3.63, 3.8) is 0 Å². The number of nitrogens with one attached hydrogen (secondary N) is 1. The van der Waals surface area contributed by atoms with Gasteiger partial charge in [-0.1, -0.05) is 36.3 Å². The highest BCUT2D eigenvalue weighted by Gasteiger charge is 2.54. The Kier molecular flexibility index (Phi) is 6.06. The summed E-state index contributed by atoms with van der Waals surface area (Å²) in [6, 6.07) is 13.8. The van der Waals surface area contributed by atoms with E-state index in [1.165, 1.54) is 12.5 Å². The fourth-order valence-corrected chi connectivity index (χ4v) is 4.99. The normalized spacial score (nSPS) is 21.2. The van der Waals surface area contributed by atoms with Crippen LogP contribution in [0.4, 0.5) is 0 Å². The summed E-state index contributed by atoms with van der Waals surface area (Å²) in [7, 11) is 0. The number of likely N-dealkylation sites (tertiary alicyclic amines) is 1. The summed E-state index contributed by atoms with van der Waals surface area (Å²) in [6.45, 7) is 4.79. The van der Waals surface area contributed by atoms with Crippen molar-refractivity contribution in [3.05, 3.63) is 65.5 Å². The Morgan fingerprint density at radius 2 is 1.94 bits per heavy atom. The van der Waals surface area contributed by atoms with Crippen LogP contribution in [0.15, 0.2) is 48.7 Å². The number of nitrogens with zero attached hydrogens (tertiary/aromatic N) is 2. The number of hydrogen-bond acceptors (Lipinski definition) is 4. The highest BCUT2D eigenvalue weighted by atomic mass is 16.5. The molecule has 1 N–H and O–H groups in total. The van der Waals surface area contributed by atoms with Crippen molar-refractivity contribution in [1.29, 1.82) is 0 Å². The van der Waals surface area contributed by atoms with Gasteiger partial charge in [-0.25, -0.2) is 0 Å². The summed E-state index contributed by atoms with van der Waals surface area (Å²) >= 11 is 0. The number of ether oxygens (including phenoxy) is 1. The molecule has 6 nitrogen and oxygen atoms in total. The summed E-state index contributed by atoms with van der Waals surface area (Å²) in [5.41, 5.74) is 2.86. The van der Waals surface area contributed by atoms with Crippen molar-refractivity contribution in [2.75, 3.05) is 13.1 Å². The SMILES string of the molecule is CC#CC(=O)N1CCC2(CC1)c1ccccc1[C@@H](NC(C)=O)[C@@H]2OCc1ccccn1. The van der Waals surface area contributed by atoms with Gasteiger partial charge in [0.05, 0.1) is 24.4 Å². The smallest absolute Gasteiger partial charge is 0.298 e. The molecule has 0 radical (unpaired) electrons. The molecule has 2 heterocycles. The lowest BCUT2D eigenvalue weighted by Gasteiger charge is -2.44. The highest BCUT2D eigenvalue weighted by Crippen LogP contribution is 2.52. The lowest BCUT2D eigenvalue weighted by molar-refractivity contribution is -0.128. The van der Waals surface area contributed by atoms with Crippen LogP contribution in [0.2, 0.25) is 0 Å². The van der Waals surface area contributed by atoms with Crippen molar-refractivity contribution in [2.24, 2.45) is 0 Å². The zero-order chi connectivity index (χ0) is 21.8. The molecular formula is C25H27N3O3. The second-order valence-corrected chi connectivity index (χ2v) is 8.14. The van der Waals surface area contributed by atoms with Gasteiger partial charge in [-0.2, -0.15) is 0 Å². The van der Waals surface area contributed by atoms with Crippen LogP contribution in [0.1, 0.15) is 49.6 Å². The van der Waals surface area contributed by atoms with Gasteiger partial charge in [0.15, 0.2) is 0 Å². The number of aromatic nitrogens is 1. The summed E-state index contributed by atoms with van der Waals surface area (Å²) in [5.74, 6) is 5.12. The average Bonchev–Trinajstić information content (AvgIpc) is 3.02. The first kappa shape index (κ1) is 21.1. The molecule has 1 aliphatic carbocycles. The molecule has 2 amide bonds. The Morgan fingerprint density at radius 1 is 1.19 bits per heavy atom. The maximum absolute atomic E-state index is 12.3. The molecule has 0 unspecified atom stereocenters. The Bertz CT molecular complexity index is 1020. The van der Waals surface area contributed by atoms with E-state index in [-0.39, 0.29) is 29.4 Å². The second-order valence-electron chi connectivity index (χ2n) is 8.14. The molecule has 2 atom stereocenters. The van der Waals surface area contributed by atoms with E-state index in [1.807, 2.05) is 35.2 Å². The Labute approximate surface area is 183 Å². The van der Waals surface area contributed by atoms with E-state index in [0.717, 1.165) is 24.1 Å². The van der Waals surface area contributed by atoms with Gasteiger partial charge in [0.2, 0.25) is 5.91 Å². The Balaban J connectivity index is 1.67. The number of benzene rings is 1. The van der Waals surface area contributed by atoms with E-state index in [9.17, 15) is 9.59 Å². The molecule has 1 fully saturated rings. The lowest BCUT2D eigenvalue weighted by atomic mass is 9.71. The number of amides is 2. The molecule has 31 heavy (non-hydrogen) atoms. The Morgan fingerprint density at radius 3 is 2.61 bits per heavy atom. The molecule has 1 aromatic carbocycles. The van der Waals surface area contributed by atoms with Crippen molar-refractivity contribution in [2.45, 2.75) is 50.9 Å². The second kappa shape index (κ2) is 8.91. The van der Waals surface area contributed by atoms with Gasteiger partial charge in [0.1, 0.15) is 0 Å². The molecule has 1 aliphatic heterocycles. The van der Waals surface area contributed by atoms with Gasteiger partial charge in [-0.05, 0) is 48.9 Å². The number of carbonyl (C=O) groups is 2. The molecule has 2 aromatic rings. The van der Waals surface area contributed by atoms with Crippen LogP contribution in [0.3, 0.4) is 0 Å². The first-order valence-corrected chi connectivity index (χ1v) is 10.6. The summed E-state index contributed by atoms with van der Waals surface area (Å²) < 4.78 is 6.51. The number of carbonyl (C=O) groups excluding carboxylic acids is 2. The molecule has 1 spiro atoms. The maximum Gasteiger partial charge on any atom is 0.298 e. The molecule has 0 saturated carbocycles. The predicted octanol–water partition coefficient (Wildman–Crippen LogP) is 2.74. The van der Waals surface area contributed by atoms with Crippen LogP contribution in [0.5, 0.6) is 0 Å². The summed E-state index contributed by atoms with van der Waals surface area (Å²) in [4.78, 5) is 30.6. The molecule has 0 bridgehead atoms. The standard InChI is InChI=1S/C25H27N3O3/c1-3-8-22(30)28-15-12-25(13-16-28)21-11-5-4-10-20(21)23(27-18(2)29)24(25)31-17-19-9-6-7-14-26-19/h4-7,9-11,14,23-24H,12-13,15-17H2,1-2H3,(H,27,29)/t23-,24+/m1/s1. The minimum absolute atomic E-state index is 0.0888. The third-order valence-corrected chi connectivity index (χ3v) is 6.35. The van der Waals surface area contributed by atoms with E-state index in [4.69, 9.17) is 4.74 Å². The number of piperidine rings is 1. The van der Waals surface area contributed by atoms with Crippen molar-refractivity contribution >= 4 is 11.8 Å². The quantitative estimate of drug-likeness (QED) is 0.777. The van der Waals surface area contributed by atoms with Gasteiger partial charge in [-0.15, -0.1) is 0 Å². The van der Waals surface area contributed by atoms with Crippen LogP contribution in [0, 0.1) is 11.8 Å². The van der Waals surface area contributed by atoms with E-state index in [1.54, 1.807) is 13.1 Å². The Hall–Kier alpha value is -3.17. The molecule has 1 saturated heterocycles. The van der Waals surface area contributed by atoms with E-state index in [0.29, 0.717) is 19.7 Å². The van der Waals surface area contributed by atoms with Crippen molar-refractivity contribution in [3.8, 4) is 11.8 Å². The minimum Gasteiger partial charge on any atom is -0.368 e. The van der Waals surface area contributed by atoms with E-state index < -0.39 is 0 Å². The van der Waals surface area contributed by atoms with E-state index >= 15 is 0 Å². The third kappa shape index (κ3) is 4.06. The van der Waals surface area contributed by atoms with Gasteiger partial charge < -0.3 is 15.0 Å². The first-order valence-electron chi connectivity index (χ1n) is 10.6. The van der Waals surface area contributed by atoms with Crippen LogP contribution in [0.25, 0.3) is 0 Å². The molecule has 6 heteroatoms. The first-order chi connectivity index (χ1) is 15.0. The molecule has 1 aromatic heterocycles. The number of pyridine rings is 1. The molecule has 4 rings (SSSR count). The summed E-state index contributed by atoms with van der Waals surface area (Å²) in [6.07, 6.45) is 3.02. The molecular weight excluding hydrogens is 390 g/mol. The van der Waals surface area contributed by atoms with E-state index in [2.05, 4.69) is 34.3 Å². The topological polar surface area (TPSA) is 71.5 Å². The van der Waals surface area contributed by atoms with Gasteiger partial charge in [-0.3, -0.25) is 14.6 Å². The zero-order valence-electron chi connectivity index (χ0n) is 17.9. The zero-order valence-corrected chi connectivity index (χ0v) is 17.9. The van der Waals surface area contributed by atoms with Crippen LogP contribution in [-0.4, -0.2) is 40.9 Å². The third-order valence-electron chi connectivity index (χ3n) is 6.35.